The number of amidine groups is 1. The topological polar surface area (TPSA) is 27.6 Å². The molecule has 1 aromatic rings. The summed E-state index contributed by atoms with van der Waals surface area (Å²) >= 11 is 1.81. The fraction of sp³-hybridized carbons (Fsp3) is 0.500. The van der Waals surface area contributed by atoms with Crippen molar-refractivity contribution in [3.8, 4) is 0 Å². The summed E-state index contributed by atoms with van der Waals surface area (Å²) < 4.78 is 0. The second-order valence-corrected chi connectivity index (χ2v) is 6.01. The van der Waals surface area contributed by atoms with E-state index in [9.17, 15) is 0 Å². The zero-order valence-corrected chi connectivity index (χ0v) is 12.3. The molecule has 0 bridgehead atoms. The van der Waals surface area contributed by atoms with Gasteiger partial charge in [0.05, 0.1) is 17.4 Å². The molecule has 1 aliphatic rings. The zero-order valence-electron chi connectivity index (χ0n) is 11.5. The number of anilines is 2. The Morgan fingerprint density at radius 2 is 2.00 bits per heavy atom. The first-order valence-electron chi connectivity index (χ1n) is 6.32. The van der Waals surface area contributed by atoms with E-state index in [4.69, 9.17) is 4.99 Å². The molecule has 0 saturated carbocycles. The Bertz CT molecular complexity index is 442. The van der Waals surface area contributed by atoms with Gasteiger partial charge in [-0.2, -0.15) is 0 Å². The van der Waals surface area contributed by atoms with Crippen molar-refractivity contribution >= 4 is 28.3 Å². The van der Waals surface area contributed by atoms with Crippen LogP contribution in [-0.2, 0) is 0 Å². The first kappa shape index (κ1) is 13.3. The molecule has 1 aliphatic heterocycles. The van der Waals surface area contributed by atoms with Crippen molar-refractivity contribution in [2.24, 2.45) is 10.9 Å². The summed E-state index contributed by atoms with van der Waals surface area (Å²) in [6, 6.07) is 8.72. The van der Waals surface area contributed by atoms with E-state index in [1.807, 2.05) is 11.8 Å². The number of nitrogens with zero attached hydrogens (tertiary/aromatic N) is 2. The highest BCUT2D eigenvalue weighted by Gasteiger charge is 2.19. The molecule has 1 N–H and O–H groups in total. The molecule has 2 rings (SSSR count). The maximum atomic E-state index is 4.71. The molecule has 2 atom stereocenters. The van der Waals surface area contributed by atoms with Crippen LogP contribution in [0.3, 0.4) is 0 Å². The number of rotatable bonds is 2. The van der Waals surface area contributed by atoms with E-state index < -0.39 is 0 Å². The van der Waals surface area contributed by atoms with Crippen molar-refractivity contribution in [2.75, 3.05) is 30.1 Å². The van der Waals surface area contributed by atoms with Gasteiger partial charge in [-0.25, -0.2) is 0 Å². The fourth-order valence-electron chi connectivity index (χ4n) is 1.85. The summed E-state index contributed by atoms with van der Waals surface area (Å²) in [6.07, 6.45) is 0. The van der Waals surface area contributed by atoms with Crippen LogP contribution >= 0.6 is 11.8 Å². The molecular weight excluding hydrogens is 242 g/mol. The molecule has 0 radical (unpaired) electrons. The first-order chi connectivity index (χ1) is 8.58. The van der Waals surface area contributed by atoms with Crippen molar-refractivity contribution in [3.05, 3.63) is 24.3 Å². The minimum absolute atomic E-state index is 0.403. The van der Waals surface area contributed by atoms with Crippen LogP contribution in [0.4, 0.5) is 11.4 Å². The lowest BCUT2D eigenvalue weighted by Gasteiger charge is -2.25. The van der Waals surface area contributed by atoms with Gasteiger partial charge in [0.25, 0.3) is 0 Å². The van der Waals surface area contributed by atoms with Crippen molar-refractivity contribution < 1.29 is 0 Å². The van der Waals surface area contributed by atoms with Crippen LogP contribution in [0.15, 0.2) is 29.3 Å². The maximum absolute atomic E-state index is 4.71. The highest BCUT2D eigenvalue weighted by molar-refractivity contribution is 8.14. The molecule has 0 aromatic heterocycles. The number of benzene rings is 1. The van der Waals surface area contributed by atoms with E-state index in [0.717, 1.165) is 16.6 Å². The van der Waals surface area contributed by atoms with E-state index in [1.165, 1.54) is 5.69 Å². The van der Waals surface area contributed by atoms with Gasteiger partial charge in [0.2, 0.25) is 0 Å². The molecule has 2 unspecified atom stereocenters. The van der Waals surface area contributed by atoms with Crippen LogP contribution in [0.5, 0.6) is 0 Å². The molecular formula is C14H21N3S. The molecule has 1 heterocycles. The molecule has 1 aromatic carbocycles. The minimum Gasteiger partial charge on any atom is -0.376 e. The largest absolute Gasteiger partial charge is 0.376 e. The van der Waals surface area contributed by atoms with Crippen molar-refractivity contribution in [1.82, 2.24) is 0 Å². The van der Waals surface area contributed by atoms with Crippen molar-refractivity contribution in [1.29, 1.82) is 0 Å². The average Bonchev–Trinajstić information content (AvgIpc) is 2.34. The lowest BCUT2D eigenvalue weighted by molar-refractivity contribution is 0.537. The molecule has 3 nitrogen and oxygen atoms in total. The standard InChI is InChI=1S/C14H21N3S/c1-10-9-18-14(15-11(10)2)16-12-7-5-6-8-13(12)17(3)4/h5-8,10-11H,9H2,1-4H3,(H,15,16). The second-order valence-electron chi connectivity index (χ2n) is 5.00. The monoisotopic (exact) mass is 263 g/mol. The Morgan fingerprint density at radius 1 is 1.28 bits per heavy atom. The smallest absolute Gasteiger partial charge is 0.161 e. The van der Waals surface area contributed by atoms with Gasteiger partial charge in [0.1, 0.15) is 0 Å². The maximum Gasteiger partial charge on any atom is 0.161 e. The number of hydrogen-bond acceptors (Lipinski definition) is 4. The van der Waals surface area contributed by atoms with Gasteiger partial charge in [-0.1, -0.05) is 30.8 Å². The van der Waals surface area contributed by atoms with Crippen LogP contribution in [0.1, 0.15) is 13.8 Å². The Labute approximate surface area is 114 Å². The van der Waals surface area contributed by atoms with Gasteiger partial charge in [0.15, 0.2) is 5.17 Å². The number of nitrogens with one attached hydrogen (secondary N) is 1. The third-order valence-electron chi connectivity index (χ3n) is 3.25. The lowest BCUT2D eigenvalue weighted by atomic mass is 10.1. The van der Waals surface area contributed by atoms with E-state index in [-0.39, 0.29) is 0 Å². The molecule has 4 heteroatoms. The summed E-state index contributed by atoms with van der Waals surface area (Å²) in [4.78, 5) is 6.82. The molecule has 0 aliphatic carbocycles. The summed E-state index contributed by atoms with van der Waals surface area (Å²) in [6.45, 7) is 4.44. The van der Waals surface area contributed by atoms with E-state index >= 15 is 0 Å². The van der Waals surface area contributed by atoms with Crippen molar-refractivity contribution in [3.63, 3.8) is 0 Å². The summed E-state index contributed by atoms with van der Waals surface area (Å²) in [5.41, 5.74) is 2.31. The molecule has 18 heavy (non-hydrogen) atoms. The quantitative estimate of drug-likeness (QED) is 0.887. The summed E-state index contributed by atoms with van der Waals surface area (Å²) in [7, 11) is 4.11. The summed E-state index contributed by atoms with van der Waals surface area (Å²) in [5, 5.41) is 4.49. The van der Waals surface area contributed by atoms with Gasteiger partial charge in [0, 0.05) is 19.8 Å². The summed E-state index contributed by atoms with van der Waals surface area (Å²) in [5.74, 6) is 1.79. The number of para-hydroxylation sites is 2. The van der Waals surface area contributed by atoms with E-state index in [1.54, 1.807) is 0 Å². The van der Waals surface area contributed by atoms with Crippen molar-refractivity contribution in [2.45, 2.75) is 19.9 Å². The minimum atomic E-state index is 0.403. The number of thioether (sulfide) groups is 1. The SMILES string of the molecule is CC1CSC(Nc2ccccc2N(C)C)=NC1C. The van der Waals surface area contributed by atoms with Gasteiger partial charge in [-0.05, 0) is 25.0 Å². The predicted molar refractivity (Wildman–Crippen MR) is 82.9 cm³/mol. The van der Waals surface area contributed by atoms with Crippen LogP contribution in [-0.4, -0.2) is 31.1 Å². The first-order valence-corrected chi connectivity index (χ1v) is 7.30. The molecule has 0 spiro atoms. The molecule has 0 fully saturated rings. The van der Waals surface area contributed by atoms with Crippen LogP contribution in [0.25, 0.3) is 0 Å². The fourth-order valence-corrected chi connectivity index (χ4v) is 2.97. The van der Waals surface area contributed by atoms with Crippen LogP contribution in [0.2, 0.25) is 0 Å². The average molecular weight is 263 g/mol. The molecule has 0 amide bonds. The van der Waals surface area contributed by atoms with Gasteiger partial charge < -0.3 is 10.2 Å². The van der Waals surface area contributed by atoms with Gasteiger partial charge in [-0.3, -0.25) is 4.99 Å². The predicted octanol–water partition coefficient (Wildman–Crippen LogP) is 3.29. The lowest BCUT2D eigenvalue weighted by Crippen LogP contribution is -2.25. The Balaban J connectivity index is 2.17. The third kappa shape index (κ3) is 2.99. The Kier molecular flexibility index (Phi) is 4.17. The highest BCUT2D eigenvalue weighted by atomic mass is 32.2. The van der Waals surface area contributed by atoms with E-state index in [0.29, 0.717) is 12.0 Å². The van der Waals surface area contributed by atoms with Crippen LogP contribution in [0, 0.1) is 5.92 Å². The van der Waals surface area contributed by atoms with Gasteiger partial charge in [-0.15, -0.1) is 0 Å². The Hall–Kier alpha value is -1.16. The second kappa shape index (κ2) is 5.65. The third-order valence-corrected chi connectivity index (χ3v) is 4.43. The van der Waals surface area contributed by atoms with Crippen LogP contribution < -0.4 is 10.2 Å². The molecule has 98 valence electrons. The highest BCUT2D eigenvalue weighted by Crippen LogP contribution is 2.28. The Morgan fingerprint density at radius 3 is 2.67 bits per heavy atom. The normalized spacial score (nSPS) is 23.4. The number of hydrogen-bond donors (Lipinski definition) is 1. The molecule has 0 saturated heterocycles. The number of aliphatic imine (C=N–C) groups is 1. The van der Waals surface area contributed by atoms with Gasteiger partial charge >= 0.3 is 0 Å². The van der Waals surface area contributed by atoms with E-state index in [2.05, 4.69) is 62.4 Å². The zero-order chi connectivity index (χ0) is 13.1.